The minimum atomic E-state index is -0.529. The highest BCUT2D eigenvalue weighted by molar-refractivity contribution is 6.37. The van der Waals surface area contributed by atoms with Crippen LogP contribution < -0.4 is 10.5 Å². The Labute approximate surface area is 118 Å². The highest BCUT2D eigenvalue weighted by atomic mass is 35.5. The Bertz CT molecular complexity index is 581. The number of hydrogen-bond donors (Lipinski definition) is 1. The van der Waals surface area contributed by atoms with E-state index in [9.17, 15) is 4.39 Å². The van der Waals surface area contributed by atoms with Crippen LogP contribution in [0.25, 0.3) is 0 Å². The smallest absolute Gasteiger partial charge is 0.164 e. The number of nitrogen functional groups attached to an aromatic ring is 1. The first-order valence-electron chi connectivity index (χ1n) is 4.85. The van der Waals surface area contributed by atoms with Crippen LogP contribution in [0.15, 0.2) is 30.3 Å². The normalized spacial score (nSPS) is 10.4. The Morgan fingerprint density at radius 2 is 1.56 bits per heavy atom. The van der Waals surface area contributed by atoms with Gasteiger partial charge >= 0.3 is 0 Å². The van der Waals surface area contributed by atoms with Crippen molar-refractivity contribution in [2.75, 3.05) is 5.73 Å². The second-order valence-corrected chi connectivity index (χ2v) is 4.71. The standard InChI is InChI=1S/C12H7Cl3FNO/c13-8-5-7(1-2-11(8)16)18-12-9(14)3-6(17)4-10(12)15/h1-5H,17H2. The predicted molar refractivity (Wildman–Crippen MR) is 72.4 cm³/mol. The molecular weight excluding hydrogens is 299 g/mol. The fourth-order valence-electron chi connectivity index (χ4n) is 1.34. The van der Waals surface area contributed by atoms with Crippen molar-refractivity contribution in [1.29, 1.82) is 0 Å². The topological polar surface area (TPSA) is 35.2 Å². The van der Waals surface area contributed by atoms with Gasteiger partial charge in [0, 0.05) is 11.8 Å². The van der Waals surface area contributed by atoms with E-state index in [0.29, 0.717) is 11.4 Å². The van der Waals surface area contributed by atoms with E-state index in [0.717, 1.165) is 0 Å². The summed E-state index contributed by atoms with van der Waals surface area (Å²) in [6, 6.07) is 6.96. The number of nitrogens with two attached hydrogens (primary N) is 1. The molecule has 0 atom stereocenters. The van der Waals surface area contributed by atoms with Gasteiger partial charge in [0.1, 0.15) is 11.6 Å². The molecule has 0 heterocycles. The summed E-state index contributed by atoms with van der Waals surface area (Å²) in [6.07, 6.45) is 0. The molecule has 0 fully saturated rings. The maximum absolute atomic E-state index is 13.0. The Kier molecular flexibility index (Phi) is 3.85. The van der Waals surface area contributed by atoms with Crippen molar-refractivity contribution in [2.45, 2.75) is 0 Å². The van der Waals surface area contributed by atoms with Crippen molar-refractivity contribution in [3.63, 3.8) is 0 Å². The Morgan fingerprint density at radius 1 is 0.944 bits per heavy atom. The van der Waals surface area contributed by atoms with Gasteiger partial charge in [-0.1, -0.05) is 34.8 Å². The molecule has 0 unspecified atom stereocenters. The van der Waals surface area contributed by atoms with E-state index in [1.807, 2.05) is 0 Å². The van der Waals surface area contributed by atoms with Crippen LogP contribution in [0.1, 0.15) is 0 Å². The van der Waals surface area contributed by atoms with Crippen molar-refractivity contribution in [3.05, 3.63) is 51.2 Å². The number of ether oxygens (including phenoxy) is 1. The first-order chi connectivity index (χ1) is 8.47. The molecular formula is C12H7Cl3FNO. The molecule has 2 rings (SSSR count). The molecule has 0 aliphatic heterocycles. The van der Waals surface area contributed by atoms with Gasteiger partial charge < -0.3 is 10.5 Å². The number of rotatable bonds is 2. The quantitative estimate of drug-likeness (QED) is 0.778. The maximum Gasteiger partial charge on any atom is 0.164 e. The lowest BCUT2D eigenvalue weighted by molar-refractivity contribution is 0.481. The minimum absolute atomic E-state index is 0.0461. The summed E-state index contributed by atoms with van der Waals surface area (Å²) in [5.74, 6) is 0.0451. The molecule has 94 valence electrons. The predicted octanol–water partition coefficient (Wildman–Crippen LogP) is 5.16. The summed E-state index contributed by atoms with van der Waals surface area (Å²) in [4.78, 5) is 0. The first kappa shape index (κ1) is 13.3. The zero-order chi connectivity index (χ0) is 13.3. The van der Waals surface area contributed by atoms with Gasteiger partial charge in [-0.3, -0.25) is 0 Å². The van der Waals surface area contributed by atoms with Crippen molar-refractivity contribution < 1.29 is 9.13 Å². The van der Waals surface area contributed by atoms with E-state index in [1.54, 1.807) is 0 Å². The third-order valence-corrected chi connectivity index (χ3v) is 2.98. The van der Waals surface area contributed by atoms with Gasteiger partial charge in [-0.05, 0) is 24.3 Å². The summed E-state index contributed by atoms with van der Waals surface area (Å²) in [5.41, 5.74) is 6.00. The Hall–Kier alpha value is -1.16. The summed E-state index contributed by atoms with van der Waals surface area (Å²) < 4.78 is 18.5. The van der Waals surface area contributed by atoms with Crippen molar-refractivity contribution in [3.8, 4) is 11.5 Å². The van der Waals surface area contributed by atoms with Crippen LogP contribution >= 0.6 is 34.8 Å². The van der Waals surface area contributed by atoms with Crippen molar-refractivity contribution in [2.24, 2.45) is 0 Å². The van der Waals surface area contributed by atoms with Gasteiger partial charge in [-0.25, -0.2) is 4.39 Å². The van der Waals surface area contributed by atoms with Crippen LogP contribution in [0.2, 0.25) is 15.1 Å². The monoisotopic (exact) mass is 305 g/mol. The minimum Gasteiger partial charge on any atom is -0.454 e. The molecule has 0 radical (unpaired) electrons. The fourth-order valence-corrected chi connectivity index (χ4v) is 2.09. The Morgan fingerprint density at radius 3 is 2.11 bits per heavy atom. The van der Waals surface area contributed by atoms with Gasteiger partial charge in [-0.15, -0.1) is 0 Å². The molecule has 2 N–H and O–H groups in total. The maximum atomic E-state index is 13.0. The largest absolute Gasteiger partial charge is 0.454 e. The van der Waals surface area contributed by atoms with Crippen molar-refractivity contribution in [1.82, 2.24) is 0 Å². The van der Waals surface area contributed by atoms with E-state index in [4.69, 9.17) is 45.3 Å². The van der Waals surface area contributed by atoms with Gasteiger partial charge in [0.25, 0.3) is 0 Å². The van der Waals surface area contributed by atoms with Gasteiger partial charge in [0.2, 0.25) is 0 Å². The lowest BCUT2D eigenvalue weighted by Gasteiger charge is -2.10. The number of benzene rings is 2. The van der Waals surface area contributed by atoms with Crippen LogP contribution in [0.5, 0.6) is 11.5 Å². The Balaban J connectivity index is 2.37. The van der Waals surface area contributed by atoms with Crippen LogP contribution in [-0.2, 0) is 0 Å². The molecule has 0 aromatic heterocycles. The van der Waals surface area contributed by atoms with E-state index >= 15 is 0 Å². The van der Waals surface area contributed by atoms with Crippen LogP contribution in [0.3, 0.4) is 0 Å². The van der Waals surface area contributed by atoms with Crippen LogP contribution in [-0.4, -0.2) is 0 Å². The second kappa shape index (κ2) is 5.22. The first-order valence-corrected chi connectivity index (χ1v) is 5.98. The molecule has 2 nitrogen and oxygen atoms in total. The van der Waals surface area contributed by atoms with Crippen molar-refractivity contribution >= 4 is 40.5 Å². The average Bonchev–Trinajstić information content (AvgIpc) is 2.28. The summed E-state index contributed by atoms with van der Waals surface area (Å²) >= 11 is 17.6. The molecule has 2 aromatic carbocycles. The van der Waals surface area contributed by atoms with E-state index < -0.39 is 5.82 Å². The number of halogens is 4. The molecule has 18 heavy (non-hydrogen) atoms. The number of anilines is 1. The highest BCUT2D eigenvalue weighted by Gasteiger charge is 2.11. The molecule has 0 saturated heterocycles. The molecule has 0 bridgehead atoms. The van der Waals surface area contributed by atoms with Gasteiger partial charge in [0.05, 0.1) is 15.1 Å². The zero-order valence-electron chi connectivity index (χ0n) is 8.88. The van der Waals surface area contributed by atoms with Gasteiger partial charge in [0.15, 0.2) is 5.75 Å². The number of hydrogen-bond acceptors (Lipinski definition) is 2. The summed E-state index contributed by atoms with van der Waals surface area (Å²) in [7, 11) is 0. The molecule has 0 amide bonds. The lowest BCUT2D eigenvalue weighted by Crippen LogP contribution is -1.91. The molecule has 2 aromatic rings. The second-order valence-electron chi connectivity index (χ2n) is 3.49. The van der Waals surface area contributed by atoms with Gasteiger partial charge in [-0.2, -0.15) is 0 Å². The molecule has 0 saturated carbocycles. The van der Waals surface area contributed by atoms with Crippen LogP contribution in [0, 0.1) is 5.82 Å². The van der Waals surface area contributed by atoms with E-state index in [-0.39, 0.29) is 20.8 Å². The zero-order valence-corrected chi connectivity index (χ0v) is 11.2. The fraction of sp³-hybridized carbons (Fsp3) is 0. The average molecular weight is 307 g/mol. The SMILES string of the molecule is Nc1cc(Cl)c(Oc2ccc(F)c(Cl)c2)c(Cl)c1. The summed E-state index contributed by atoms with van der Waals surface area (Å²) in [6.45, 7) is 0. The molecule has 6 heteroatoms. The highest BCUT2D eigenvalue weighted by Crippen LogP contribution is 2.38. The molecule has 0 aliphatic rings. The van der Waals surface area contributed by atoms with E-state index in [1.165, 1.54) is 30.3 Å². The molecule has 0 aliphatic carbocycles. The summed E-state index contributed by atoms with van der Waals surface area (Å²) in [5, 5.41) is 0.482. The third-order valence-electron chi connectivity index (χ3n) is 2.13. The van der Waals surface area contributed by atoms with E-state index in [2.05, 4.69) is 0 Å². The lowest BCUT2D eigenvalue weighted by atomic mass is 10.3. The third kappa shape index (κ3) is 2.80. The molecule has 0 spiro atoms. The van der Waals surface area contributed by atoms with Crippen LogP contribution in [0.4, 0.5) is 10.1 Å².